The third kappa shape index (κ3) is 4.53. The monoisotopic (exact) mass is 406 g/mol. The number of fused-ring (bicyclic) bond motifs is 1. The van der Waals surface area contributed by atoms with Crippen LogP contribution in [0.2, 0.25) is 0 Å². The number of nitrogens with zero attached hydrogens (tertiary/aromatic N) is 5. The van der Waals surface area contributed by atoms with Gasteiger partial charge in [-0.2, -0.15) is 10.1 Å². The molecule has 30 heavy (non-hydrogen) atoms. The van der Waals surface area contributed by atoms with Gasteiger partial charge in [-0.15, -0.1) is 0 Å². The van der Waals surface area contributed by atoms with Crippen molar-refractivity contribution in [1.29, 1.82) is 0 Å². The fourth-order valence-electron chi connectivity index (χ4n) is 3.00. The maximum Gasteiger partial charge on any atom is 0.252 e. The van der Waals surface area contributed by atoms with Crippen molar-refractivity contribution in [2.75, 3.05) is 32.2 Å². The van der Waals surface area contributed by atoms with Gasteiger partial charge in [0.1, 0.15) is 5.65 Å². The Morgan fingerprint density at radius 2 is 1.93 bits per heavy atom. The van der Waals surface area contributed by atoms with E-state index in [-0.39, 0.29) is 5.56 Å². The van der Waals surface area contributed by atoms with Crippen molar-refractivity contribution in [3.05, 3.63) is 71.4 Å². The highest BCUT2D eigenvalue weighted by atomic mass is 16.5. The predicted molar refractivity (Wildman–Crippen MR) is 113 cm³/mol. The van der Waals surface area contributed by atoms with Crippen LogP contribution in [0.4, 0.5) is 11.6 Å². The first kappa shape index (κ1) is 19.7. The molecule has 0 aliphatic rings. The molecule has 0 atom stereocenters. The summed E-state index contributed by atoms with van der Waals surface area (Å²) in [4.78, 5) is 21.3. The zero-order chi connectivity index (χ0) is 20.8. The smallest absolute Gasteiger partial charge is 0.252 e. The molecule has 3 aromatic heterocycles. The number of anilines is 2. The Kier molecular flexibility index (Phi) is 6.11. The second-order valence-corrected chi connectivity index (χ2v) is 6.52. The van der Waals surface area contributed by atoms with E-state index in [2.05, 4.69) is 20.4 Å². The molecule has 0 aliphatic heterocycles. The minimum Gasteiger partial charge on any atom is -0.382 e. The average Bonchev–Trinajstić information content (AvgIpc) is 3.30. The van der Waals surface area contributed by atoms with Crippen LogP contribution in [-0.2, 0) is 16.0 Å². The number of nitrogens with one attached hydrogen (secondary N) is 1. The van der Waals surface area contributed by atoms with Crippen LogP contribution in [0.1, 0.15) is 0 Å². The van der Waals surface area contributed by atoms with Crippen LogP contribution in [0.5, 0.6) is 0 Å². The van der Waals surface area contributed by atoms with E-state index in [9.17, 15) is 4.79 Å². The van der Waals surface area contributed by atoms with E-state index in [1.54, 1.807) is 34.8 Å². The molecule has 154 valence electrons. The van der Waals surface area contributed by atoms with E-state index in [4.69, 9.17) is 9.47 Å². The van der Waals surface area contributed by atoms with Gasteiger partial charge in [-0.25, -0.2) is 9.67 Å². The Morgan fingerprint density at radius 3 is 2.70 bits per heavy atom. The molecule has 0 saturated carbocycles. The summed E-state index contributed by atoms with van der Waals surface area (Å²) in [5.41, 5.74) is 2.21. The minimum absolute atomic E-state index is 0.133. The number of ether oxygens (including phenoxy) is 2. The number of rotatable bonds is 9. The Labute approximate surface area is 172 Å². The molecule has 9 nitrogen and oxygen atoms in total. The van der Waals surface area contributed by atoms with Gasteiger partial charge in [-0.1, -0.05) is 0 Å². The Balaban J connectivity index is 1.53. The molecule has 0 spiro atoms. The van der Waals surface area contributed by atoms with Gasteiger partial charge in [0.05, 0.1) is 32.1 Å². The van der Waals surface area contributed by atoms with Crippen molar-refractivity contribution < 1.29 is 9.47 Å². The Morgan fingerprint density at radius 1 is 1.07 bits per heavy atom. The third-order valence-electron chi connectivity index (χ3n) is 4.51. The largest absolute Gasteiger partial charge is 0.382 e. The summed E-state index contributed by atoms with van der Waals surface area (Å²) in [6.45, 7) is 1.78. The number of methoxy groups -OCH3 is 1. The Bertz CT molecular complexity index is 1160. The summed E-state index contributed by atoms with van der Waals surface area (Å²) >= 11 is 0. The molecule has 0 bridgehead atoms. The molecule has 0 amide bonds. The van der Waals surface area contributed by atoms with Gasteiger partial charge < -0.3 is 14.8 Å². The van der Waals surface area contributed by atoms with Crippen molar-refractivity contribution in [3.63, 3.8) is 0 Å². The van der Waals surface area contributed by atoms with Crippen LogP contribution in [0.3, 0.4) is 0 Å². The van der Waals surface area contributed by atoms with E-state index in [1.165, 1.54) is 6.07 Å². The van der Waals surface area contributed by atoms with Crippen molar-refractivity contribution in [1.82, 2.24) is 24.3 Å². The Hall–Kier alpha value is -3.56. The van der Waals surface area contributed by atoms with Crippen molar-refractivity contribution in [2.45, 2.75) is 6.54 Å². The van der Waals surface area contributed by atoms with Crippen molar-refractivity contribution in [2.24, 2.45) is 0 Å². The normalized spacial score (nSPS) is 11.1. The first-order chi connectivity index (χ1) is 14.7. The van der Waals surface area contributed by atoms with Crippen molar-refractivity contribution >= 4 is 22.7 Å². The second-order valence-electron chi connectivity index (χ2n) is 6.52. The predicted octanol–water partition coefficient (Wildman–Crippen LogP) is 2.38. The lowest BCUT2D eigenvalue weighted by Crippen LogP contribution is -2.23. The maximum absolute atomic E-state index is 12.4. The molecule has 1 aromatic carbocycles. The third-order valence-corrected chi connectivity index (χ3v) is 4.51. The molecule has 1 N–H and O–H groups in total. The molecule has 0 radical (unpaired) electrons. The number of aromatic nitrogens is 5. The summed E-state index contributed by atoms with van der Waals surface area (Å²) in [6, 6.07) is 12.9. The van der Waals surface area contributed by atoms with Crippen LogP contribution in [0.15, 0.2) is 65.8 Å². The SMILES string of the molecule is COCCOCCn1c(=O)ccc2cnc(Nc3ccc(-n4cccn4)cc3)nc21. The topological polar surface area (TPSA) is 96.1 Å². The number of pyridine rings is 1. The summed E-state index contributed by atoms with van der Waals surface area (Å²) in [5.74, 6) is 0.411. The van der Waals surface area contributed by atoms with Crippen LogP contribution in [-0.4, -0.2) is 51.2 Å². The fourth-order valence-corrected chi connectivity index (χ4v) is 3.00. The van der Waals surface area contributed by atoms with Crippen LogP contribution >= 0.6 is 0 Å². The summed E-state index contributed by atoms with van der Waals surface area (Å²) < 4.78 is 13.8. The van der Waals surface area contributed by atoms with Gasteiger partial charge in [0.25, 0.3) is 5.56 Å². The highest BCUT2D eigenvalue weighted by Crippen LogP contribution is 2.17. The zero-order valence-electron chi connectivity index (χ0n) is 16.6. The molecule has 4 aromatic rings. The summed E-state index contributed by atoms with van der Waals surface area (Å²) in [7, 11) is 1.62. The zero-order valence-corrected chi connectivity index (χ0v) is 16.6. The fraction of sp³-hybridized carbons (Fsp3) is 0.238. The lowest BCUT2D eigenvalue weighted by Gasteiger charge is -2.11. The lowest BCUT2D eigenvalue weighted by atomic mass is 10.3. The molecule has 0 aliphatic carbocycles. The quantitative estimate of drug-likeness (QED) is 0.426. The molecule has 9 heteroatoms. The molecule has 3 heterocycles. The number of hydrogen-bond donors (Lipinski definition) is 1. The summed E-state index contributed by atoms with van der Waals surface area (Å²) in [6.07, 6.45) is 5.31. The maximum atomic E-state index is 12.4. The van der Waals surface area contributed by atoms with E-state index in [1.807, 2.05) is 36.5 Å². The minimum atomic E-state index is -0.133. The average molecular weight is 406 g/mol. The standard InChI is InChI=1S/C21H22N6O3/c1-29-13-14-30-12-11-26-19(28)8-3-16-15-22-21(25-20(16)26)24-17-4-6-18(7-5-17)27-10-2-9-23-27/h2-10,15H,11-14H2,1H3,(H,22,24,25). The summed E-state index contributed by atoms with van der Waals surface area (Å²) in [5, 5.41) is 8.18. The van der Waals surface area contributed by atoms with Gasteiger partial charge in [-0.3, -0.25) is 9.36 Å². The van der Waals surface area contributed by atoms with Gasteiger partial charge >= 0.3 is 0 Å². The van der Waals surface area contributed by atoms with Crippen LogP contribution < -0.4 is 10.9 Å². The first-order valence-corrected chi connectivity index (χ1v) is 9.55. The lowest BCUT2D eigenvalue weighted by molar-refractivity contribution is 0.0666. The van der Waals surface area contributed by atoms with Gasteiger partial charge in [-0.05, 0) is 36.4 Å². The van der Waals surface area contributed by atoms with E-state index < -0.39 is 0 Å². The highest BCUT2D eigenvalue weighted by molar-refractivity contribution is 5.75. The van der Waals surface area contributed by atoms with E-state index in [0.717, 1.165) is 16.8 Å². The highest BCUT2D eigenvalue weighted by Gasteiger charge is 2.08. The molecule has 4 rings (SSSR count). The van der Waals surface area contributed by atoms with Gasteiger partial charge in [0.2, 0.25) is 5.95 Å². The van der Waals surface area contributed by atoms with E-state index in [0.29, 0.717) is 38.0 Å². The first-order valence-electron chi connectivity index (χ1n) is 9.55. The molecule has 0 saturated heterocycles. The van der Waals surface area contributed by atoms with Gasteiger partial charge in [0.15, 0.2) is 0 Å². The second kappa shape index (κ2) is 9.29. The van der Waals surface area contributed by atoms with Crippen molar-refractivity contribution in [3.8, 4) is 5.69 Å². The molecule has 0 fully saturated rings. The van der Waals surface area contributed by atoms with E-state index >= 15 is 0 Å². The number of benzene rings is 1. The molecular formula is C21H22N6O3. The van der Waals surface area contributed by atoms with Crippen LogP contribution in [0.25, 0.3) is 16.7 Å². The van der Waals surface area contributed by atoms with Crippen LogP contribution in [0, 0.1) is 0 Å². The van der Waals surface area contributed by atoms with Gasteiger partial charge in [0, 0.05) is 42.8 Å². The molecule has 0 unspecified atom stereocenters. The number of hydrogen-bond acceptors (Lipinski definition) is 7. The molecular weight excluding hydrogens is 384 g/mol.